The average Bonchev–Trinajstić information content (AvgIpc) is 2.45. The van der Waals surface area contributed by atoms with E-state index in [1.165, 1.54) is 19.2 Å². The van der Waals surface area contributed by atoms with Crippen LogP contribution in [0.5, 0.6) is 5.75 Å². The first kappa shape index (κ1) is 15.3. The third kappa shape index (κ3) is 3.16. The zero-order valence-electron chi connectivity index (χ0n) is 11.2. The van der Waals surface area contributed by atoms with Crippen LogP contribution in [0.2, 0.25) is 0 Å². The molecule has 0 aliphatic heterocycles. The Morgan fingerprint density at radius 2 is 1.71 bits per heavy atom. The average molecular weight is 299 g/mol. The highest BCUT2D eigenvalue weighted by atomic mass is 19.2. The summed E-state index contributed by atoms with van der Waals surface area (Å²) >= 11 is 0. The molecule has 0 saturated carbocycles. The van der Waals surface area contributed by atoms with Crippen molar-refractivity contribution < 1.29 is 22.3 Å². The van der Waals surface area contributed by atoms with E-state index < -0.39 is 29.3 Å². The van der Waals surface area contributed by atoms with Crippen molar-refractivity contribution in [2.24, 2.45) is 5.73 Å². The fourth-order valence-electron chi connectivity index (χ4n) is 2.03. The van der Waals surface area contributed by atoms with Gasteiger partial charge in [0.1, 0.15) is 0 Å². The number of rotatable bonds is 4. The van der Waals surface area contributed by atoms with Gasteiger partial charge in [0.15, 0.2) is 29.0 Å². The maximum absolute atomic E-state index is 13.6. The summed E-state index contributed by atoms with van der Waals surface area (Å²) in [6, 6.07) is 5.16. The third-order valence-corrected chi connectivity index (χ3v) is 3.14. The lowest BCUT2D eigenvalue weighted by atomic mass is 9.99. The number of hydrogen-bond acceptors (Lipinski definition) is 2. The molecule has 0 bridgehead atoms. The van der Waals surface area contributed by atoms with Crippen LogP contribution in [0.4, 0.5) is 17.6 Å². The van der Waals surface area contributed by atoms with Crippen molar-refractivity contribution in [3.05, 3.63) is 64.7 Å². The van der Waals surface area contributed by atoms with E-state index in [9.17, 15) is 17.6 Å². The summed E-state index contributed by atoms with van der Waals surface area (Å²) in [7, 11) is 1.33. The quantitative estimate of drug-likeness (QED) is 0.693. The van der Waals surface area contributed by atoms with E-state index in [4.69, 9.17) is 10.5 Å². The smallest absolute Gasteiger partial charge is 0.194 e. The number of methoxy groups -OCH3 is 1. The Labute approximate surface area is 119 Å². The standard InChI is InChI=1S/C15H13F4NO/c1-21-13-5-2-8(6-11(13)17)7-12(20)9-3-4-10(16)15(19)14(9)18/h2-6,12H,7,20H2,1H3. The molecule has 0 aromatic heterocycles. The number of nitrogens with two attached hydrogens (primary N) is 1. The third-order valence-electron chi connectivity index (χ3n) is 3.14. The van der Waals surface area contributed by atoms with E-state index in [0.29, 0.717) is 5.56 Å². The summed E-state index contributed by atoms with van der Waals surface area (Å²) in [4.78, 5) is 0. The Kier molecular flexibility index (Phi) is 4.47. The zero-order valence-corrected chi connectivity index (χ0v) is 11.2. The maximum Gasteiger partial charge on any atom is 0.194 e. The topological polar surface area (TPSA) is 35.2 Å². The summed E-state index contributed by atoms with van der Waals surface area (Å²) in [5, 5.41) is 0. The SMILES string of the molecule is COc1ccc(CC(N)c2ccc(F)c(F)c2F)cc1F. The van der Waals surface area contributed by atoms with Crippen molar-refractivity contribution in [1.29, 1.82) is 0 Å². The lowest BCUT2D eigenvalue weighted by molar-refractivity contribution is 0.386. The fraction of sp³-hybridized carbons (Fsp3) is 0.200. The molecule has 2 aromatic rings. The number of ether oxygens (including phenoxy) is 1. The van der Waals surface area contributed by atoms with E-state index >= 15 is 0 Å². The highest BCUT2D eigenvalue weighted by Crippen LogP contribution is 2.24. The molecule has 0 aliphatic carbocycles. The molecule has 0 radical (unpaired) electrons. The summed E-state index contributed by atoms with van der Waals surface area (Å²) in [5.41, 5.74) is 6.11. The van der Waals surface area contributed by atoms with Crippen molar-refractivity contribution in [3.8, 4) is 5.75 Å². The summed E-state index contributed by atoms with van der Waals surface area (Å²) in [6.07, 6.45) is 0.0723. The Morgan fingerprint density at radius 3 is 2.33 bits per heavy atom. The Balaban J connectivity index is 2.24. The minimum absolute atomic E-state index is 0.0723. The zero-order chi connectivity index (χ0) is 15.6. The number of halogens is 4. The largest absolute Gasteiger partial charge is 0.494 e. The van der Waals surface area contributed by atoms with Crippen LogP contribution in [0.15, 0.2) is 30.3 Å². The van der Waals surface area contributed by atoms with Gasteiger partial charge in [-0.3, -0.25) is 0 Å². The molecule has 0 aliphatic rings. The van der Waals surface area contributed by atoms with Crippen molar-refractivity contribution >= 4 is 0 Å². The minimum atomic E-state index is -1.57. The van der Waals surface area contributed by atoms with Gasteiger partial charge in [-0.25, -0.2) is 17.6 Å². The number of benzene rings is 2. The van der Waals surface area contributed by atoms with Gasteiger partial charge in [0, 0.05) is 11.6 Å². The van der Waals surface area contributed by atoms with E-state index in [2.05, 4.69) is 0 Å². The molecule has 0 amide bonds. The van der Waals surface area contributed by atoms with Gasteiger partial charge in [0.25, 0.3) is 0 Å². The molecule has 0 saturated heterocycles. The minimum Gasteiger partial charge on any atom is -0.494 e. The van der Waals surface area contributed by atoms with Crippen LogP contribution in [0.25, 0.3) is 0 Å². The van der Waals surface area contributed by atoms with Crippen LogP contribution in [0.3, 0.4) is 0 Å². The van der Waals surface area contributed by atoms with E-state index in [1.807, 2.05) is 0 Å². The molecule has 112 valence electrons. The van der Waals surface area contributed by atoms with Crippen molar-refractivity contribution in [2.75, 3.05) is 7.11 Å². The first-order valence-corrected chi connectivity index (χ1v) is 6.15. The number of hydrogen-bond donors (Lipinski definition) is 1. The second-order valence-electron chi connectivity index (χ2n) is 4.54. The second-order valence-corrected chi connectivity index (χ2v) is 4.54. The molecule has 2 rings (SSSR count). The second kappa shape index (κ2) is 6.13. The van der Waals surface area contributed by atoms with E-state index in [1.54, 1.807) is 6.07 Å². The van der Waals surface area contributed by atoms with Gasteiger partial charge in [-0.1, -0.05) is 12.1 Å². The molecule has 2 nitrogen and oxygen atoms in total. The summed E-state index contributed by atoms with van der Waals surface area (Å²) in [5.74, 6) is -4.67. The van der Waals surface area contributed by atoms with Gasteiger partial charge in [-0.05, 0) is 30.2 Å². The summed E-state index contributed by atoms with van der Waals surface area (Å²) < 4.78 is 58.0. The molecule has 6 heteroatoms. The maximum atomic E-state index is 13.6. The van der Waals surface area contributed by atoms with Crippen LogP contribution in [0, 0.1) is 23.3 Å². The van der Waals surface area contributed by atoms with E-state index in [-0.39, 0.29) is 17.7 Å². The van der Waals surface area contributed by atoms with Gasteiger partial charge in [-0.2, -0.15) is 0 Å². The van der Waals surface area contributed by atoms with Gasteiger partial charge in [-0.15, -0.1) is 0 Å². The lowest BCUT2D eigenvalue weighted by Gasteiger charge is -2.14. The van der Waals surface area contributed by atoms with Crippen LogP contribution >= 0.6 is 0 Å². The van der Waals surface area contributed by atoms with Crippen LogP contribution in [0.1, 0.15) is 17.2 Å². The molecule has 0 fully saturated rings. The van der Waals surface area contributed by atoms with Gasteiger partial charge < -0.3 is 10.5 Å². The van der Waals surface area contributed by atoms with Crippen LogP contribution < -0.4 is 10.5 Å². The molecule has 0 heterocycles. The molecule has 1 unspecified atom stereocenters. The first-order chi connectivity index (χ1) is 9.93. The van der Waals surface area contributed by atoms with Gasteiger partial charge in [0.05, 0.1) is 7.11 Å². The monoisotopic (exact) mass is 299 g/mol. The van der Waals surface area contributed by atoms with E-state index in [0.717, 1.165) is 12.1 Å². The van der Waals surface area contributed by atoms with Gasteiger partial charge >= 0.3 is 0 Å². The van der Waals surface area contributed by atoms with Crippen LogP contribution in [-0.2, 0) is 6.42 Å². The first-order valence-electron chi connectivity index (χ1n) is 6.15. The Morgan fingerprint density at radius 1 is 1.00 bits per heavy atom. The molecule has 21 heavy (non-hydrogen) atoms. The molecular weight excluding hydrogens is 286 g/mol. The Hall–Kier alpha value is -2.08. The Bertz CT molecular complexity index is 660. The predicted octanol–water partition coefficient (Wildman–Crippen LogP) is 3.49. The van der Waals surface area contributed by atoms with Crippen molar-refractivity contribution in [2.45, 2.75) is 12.5 Å². The molecule has 1 atom stereocenters. The predicted molar refractivity (Wildman–Crippen MR) is 69.9 cm³/mol. The lowest BCUT2D eigenvalue weighted by Crippen LogP contribution is -2.16. The van der Waals surface area contributed by atoms with Gasteiger partial charge in [0.2, 0.25) is 0 Å². The van der Waals surface area contributed by atoms with Crippen LogP contribution in [-0.4, -0.2) is 7.11 Å². The normalized spacial score (nSPS) is 12.3. The van der Waals surface area contributed by atoms with Crippen molar-refractivity contribution in [1.82, 2.24) is 0 Å². The molecule has 2 aromatic carbocycles. The highest BCUT2D eigenvalue weighted by Gasteiger charge is 2.19. The molecular formula is C15H13F4NO. The highest BCUT2D eigenvalue weighted by molar-refractivity contribution is 5.31. The molecule has 2 N–H and O–H groups in total. The fourth-order valence-corrected chi connectivity index (χ4v) is 2.03. The molecule has 0 spiro atoms. The summed E-state index contributed by atoms with van der Waals surface area (Å²) in [6.45, 7) is 0. The van der Waals surface area contributed by atoms with Crippen molar-refractivity contribution in [3.63, 3.8) is 0 Å².